The lowest BCUT2D eigenvalue weighted by atomic mass is 9.97. The molecule has 0 unspecified atom stereocenters. The number of methoxy groups -OCH3 is 1. The summed E-state index contributed by atoms with van der Waals surface area (Å²) in [5, 5.41) is 9.88. The second-order valence-electron chi connectivity index (χ2n) is 7.62. The fourth-order valence-electron chi connectivity index (χ4n) is 3.91. The lowest BCUT2D eigenvalue weighted by Gasteiger charge is -2.15. The van der Waals surface area contributed by atoms with Crippen molar-refractivity contribution in [2.75, 3.05) is 12.4 Å². The molecule has 0 saturated heterocycles. The lowest BCUT2D eigenvalue weighted by molar-refractivity contribution is 0.102. The molecule has 0 aliphatic heterocycles. The van der Waals surface area contributed by atoms with Crippen molar-refractivity contribution in [2.45, 2.75) is 25.7 Å². The minimum absolute atomic E-state index is 0.170. The van der Waals surface area contributed by atoms with Crippen LogP contribution < -0.4 is 15.6 Å². The van der Waals surface area contributed by atoms with E-state index in [1.54, 1.807) is 18.2 Å². The molecule has 0 spiro atoms. The maximum Gasteiger partial charge on any atom is 0.260 e. The zero-order valence-corrected chi connectivity index (χ0v) is 19.3. The molecule has 10 heteroatoms. The summed E-state index contributed by atoms with van der Waals surface area (Å²) in [7, 11) is 1.49. The van der Waals surface area contributed by atoms with Gasteiger partial charge in [0, 0.05) is 16.7 Å². The molecule has 1 aromatic carbocycles. The molecular weight excluding hydrogens is 462 g/mol. The van der Waals surface area contributed by atoms with Gasteiger partial charge in [-0.3, -0.25) is 14.6 Å². The Morgan fingerprint density at radius 1 is 1.24 bits per heavy atom. The molecule has 0 fully saturated rings. The molecule has 3 heterocycles. The molecule has 5 rings (SSSR count). The summed E-state index contributed by atoms with van der Waals surface area (Å²) in [5.41, 5.74) is 2.27. The molecular formula is C23H20ClN5O3S. The number of aromatic nitrogens is 4. The molecule has 0 radical (unpaired) electrons. The van der Waals surface area contributed by atoms with Crippen LogP contribution in [0.3, 0.4) is 0 Å². The molecule has 33 heavy (non-hydrogen) atoms. The highest BCUT2D eigenvalue weighted by Crippen LogP contribution is 2.29. The molecule has 0 saturated carbocycles. The summed E-state index contributed by atoms with van der Waals surface area (Å²) in [4.78, 5) is 34.3. The number of nitrogens with zero attached hydrogens (tertiary/aromatic N) is 3. The Morgan fingerprint density at radius 3 is 2.88 bits per heavy atom. The van der Waals surface area contributed by atoms with Crippen molar-refractivity contribution in [1.82, 2.24) is 19.7 Å². The highest BCUT2D eigenvalue weighted by molar-refractivity contribution is 7.13. The van der Waals surface area contributed by atoms with Crippen LogP contribution in [0.5, 0.6) is 5.75 Å². The Labute approximate surface area is 198 Å². The monoisotopic (exact) mass is 481 g/mol. The van der Waals surface area contributed by atoms with Crippen LogP contribution in [0, 0.1) is 0 Å². The van der Waals surface area contributed by atoms with Gasteiger partial charge in [0.1, 0.15) is 17.3 Å². The van der Waals surface area contributed by atoms with E-state index < -0.39 is 5.91 Å². The van der Waals surface area contributed by atoms with E-state index in [-0.39, 0.29) is 17.1 Å². The first kappa shape index (κ1) is 21.4. The predicted molar refractivity (Wildman–Crippen MR) is 128 cm³/mol. The number of hydrogen-bond donors (Lipinski definition) is 2. The Morgan fingerprint density at radius 2 is 2.09 bits per heavy atom. The third kappa shape index (κ3) is 4.17. The SMILES string of the molecule is COc1ccc(Cl)cc1C(=O)Nc1cc(-c2cccs2)nn1-c1nc2c(c(=O)[nH]1)CCCC2. The lowest BCUT2D eigenvalue weighted by Crippen LogP contribution is -2.24. The van der Waals surface area contributed by atoms with Gasteiger partial charge in [-0.25, -0.2) is 4.98 Å². The molecule has 1 amide bonds. The van der Waals surface area contributed by atoms with Crippen LogP contribution in [0.25, 0.3) is 16.5 Å². The number of rotatable bonds is 5. The number of fused-ring (bicyclic) bond motifs is 1. The predicted octanol–water partition coefficient (Wildman–Crippen LogP) is 4.48. The smallest absolute Gasteiger partial charge is 0.260 e. The average molecular weight is 482 g/mol. The minimum atomic E-state index is -0.423. The van der Waals surface area contributed by atoms with Gasteiger partial charge in [-0.1, -0.05) is 17.7 Å². The largest absolute Gasteiger partial charge is 0.496 e. The van der Waals surface area contributed by atoms with Gasteiger partial charge in [-0.15, -0.1) is 11.3 Å². The number of amides is 1. The van der Waals surface area contributed by atoms with E-state index in [1.807, 2.05) is 17.5 Å². The van der Waals surface area contributed by atoms with Gasteiger partial charge in [0.15, 0.2) is 0 Å². The van der Waals surface area contributed by atoms with Crippen molar-refractivity contribution < 1.29 is 9.53 Å². The van der Waals surface area contributed by atoms with Crippen molar-refractivity contribution in [2.24, 2.45) is 0 Å². The number of nitrogens with one attached hydrogen (secondary N) is 2. The zero-order valence-electron chi connectivity index (χ0n) is 17.7. The van der Waals surface area contributed by atoms with E-state index in [2.05, 4.69) is 20.4 Å². The molecule has 4 aromatic rings. The number of aromatic amines is 1. The van der Waals surface area contributed by atoms with Crippen LogP contribution in [0.1, 0.15) is 34.5 Å². The third-order valence-electron chi connectivity index (χ3n) is 5.51. The van der Waals surface area contributed by atoms with Gasteiger partial charge >= 0.3 is 0 Å². The van der Waals surface area contributed by atoms with Gasteiger partial charge < -0.3 is 10.1 Å². The van der Waals surface area contributed by atoms with Crippen molar-refractivity contribution in [1.29, 1.82) is 0 Å². The average Bonchev–Trinajstić information content (AvgIpc) is 3.49. The number of aryl methyl sites for hydroxylation is 1. The Kier molecular flexibility index (Phi) is 5.74. The number of anilines is 1. The minimum Gasteiger partial charge on any atom is -0.496 e. The first-order chi connectivity index (χ1) is 16.0. The second kappa shape index (κ2) is 8.84. The van der Waals surface area contributed by atoms with E-state index >= 15 is 0 Å². The normalized spacial score (nSPS) is 12.9. The number of H-pyrrole nitrogens is 1. The summed E-state index contributed by atoms with van der Waals surface area (Å²) in [6.45, 7) is 0. The maximum atomic E-state index is 13.1. The van der Waals surface area contributed by atoms with Crippen LogP contribution in [0.15, 0.2) is 46.6 Å². The van der Waals surface area contributed by atoms with Crippen molar-refractivity contribution >= 4 is 34.7 Å². The van der Waals surface area contributed by atoms with Crippen LogP contribution in [-0.2, 0) is 12.8 Å². The van der Waals surface area contributed by atoms with Crippen LogP contribution in [0.4, 0.5) is 5.82 Å². The molecule has 1 aliphatic rings. The van der Waals surface area contributed by atoms with E-state index in [4.69, 9.17) is 16.3 Å². The van der Waals surface area contributed by atoms with Gasteiger partial charge in [0.25, 0.3) is 11.5 Å². The van der Waals surface area contributed by atoms with Gasteiger partial charge in [-0.05, 0) is 55.3 Å². The molecule has 3 aromatic heterocycles. The van der Waals surface area contributed by atoms with Crippen molar-refractivity contribution in [3.63, 3.8) is 0 Å². The zero-order chi connectivity index (χ0) is 22.9. The Bertz CT molecular complexity index is 1390. The number of ether oxygens (including phenoxy) is 1. The third-order valence-corrected chi connectivity index (χ3v) is 6.64. The number of thiophene rings is 1. The van der Waals surface area contributed by atoms with Crippen molar-refractivity contribution in [3.8, 4) is 22.3 Å². The van der Waals surface area contributed by atoms with E-state index in [9.17, 15) is 9.59 Å². The number of carbonyl (C=O) groups excluding carboxylic acids is 1. The summed E-state index contributed by atoms with van der Waals surface area (Å²) >= 11 is 7.63. The number of benzene rings is 1. The van der Waals surface area contributed by atoms with E-state index in [0.29, 0.717) is 22.3 Å². The summed E-state index contributed by atoms with van der Waals surface area (Å²) < 4.78 is 6.77. The highest BCUT2D eigenvalue weighted by Gasteiger charge is 2.21. The first-order valence-corrected chi connectivity index (χ1v) is 11.7. The number of hydrogen-bond acceptors (Lipinski definition) is 6. The van der Waals surface area contributed by atoms with Crippen LogP contribution in [0.2, 0.25) is 5.02 Å². The number of carbonyl (C=O) groups is 1. The Hall–Kier alpha value is -3.43. The first-order valence-electron chi connectivity index (χ1n) is 10.4. The molecule has 8 nitrogen and oxygen atoms in total. The molecule has 1 aliphatic carbocycles. The van der Waals surface area contributed by atoms with Crippen LogP contribution >= 0.6 is 22.9 Å². The van der Waals surface area contributed by atoms with Gasteiger partial charge in [0.2, 0.25) is 5.95 Å². The topological polar surface area (TPSA) is 102 Å². The number of halogens is 1. The van der Waals surface area contributed by atoms with Gasteiger partial charge in [-0.2, -0.15) is 9.78 Å². The fourth-order valence-corrected chi connectivity index (χ4v) is 4.76. The summed E-state index contributed by atoms with van der Waals surface area (Å²) in [5.74, 6) is 0.594. The summed E-state index contributed by atoms with van der Waals surface area (Å²) in [6.07, 6.45) is 3.42. The highest BCUT2D eigenvalue weighted by atomic mass is 35.5. The molecule has 2 N–H and O–H groups in total. The standard InChI is InChI=1S/C23H20ClN5O3S/c1-32-18-9-8-13(24)11-15(18)22(31)26-20-12-17(19-7-4-10-33-19)28-29(20)23-25-16-6-3-2-5-14(16)21(30)27-23/h4,7-12H,2-3,5-6H2,1H3,(H,26,31)(H,25,27,30). The maximum absolute atomic E-state index is 13.1. The quantitative estimate of drug-likeness (QED) is 0.437. The van der Waals surface area contributed by atoms with E-state index in [1.165, 1.54) is 29.2 Å². The van der Waals surface area contributed by atoms with E-state index in [0.717, 1.165) is 41.8 Å². The van der Waals surface area contributed by atoms with Crippen LogP contribution in [-0.4, -0.2) is 32.8 Å². The van der Waals surface area contributed by atoms with Gasteiger partial charge in [0.05, 0.1) is 23.2 Å². The molecule has 0 atom stereocenters. The summed E-state index contributed by atoms with van der Waals surface area (Å²) in [6, 6.07) is 10.4. The molecule has 168 valence electrons. The second-order valence-corrected chi connectivity index (χ2v) is 9.01. The Balaban J connectivity index is 1.59. The fraction of sp³-hybridized carbons (Fsp3) is 0.217. The molecule has 0 bridgehead atoms. The van der Waals surface area contributed by atoms with Crippen molar-refractivity contribution in [3.05, 3.63) is 74.0 Å².